The molecule has 90 heavy (non-hydrogen) atoms. The normalized spacial score (nSPS) is 9.87. The smallest absolute Gasteiger partial charge is 0.305 e. The van der Waals surface area contributed by atoms with Crippen LogP contribution in [0.5, 0.6) is 11.8 Å². The van der Waals surface area contributed by atoms with Gasteiger partial charge in [0.05, 0.1) is 58.8 Å². The predicted octanol–water partition coefficient (Wildman–Crippen LogP) is 10.8. The third-order valence-corrected chi connectivity index (χ3v) is 12.6. The van der Waals surface area contributed by atoms with E-state index >= 15 is 0 Å². The summed E-state index contributed by atoms with van der Waals surface area (Å²) >= 11 is 2.11. The van der Waals surface area contributed by atoms with Gasteiger partial charge in [0.2, 0.25) is 17.7 Å². The van der Waals surface area contributed by atoms with Gasteiger partial charge in [-0.2, -0.15) is 0 Å². The van der Waals surface area contributed by atoms with E-state index in [1.54, 1.807) is 106 Å². The number of hydroxylamine groups is 1. The van der Waals surface area contributed by atoms with Crippen LogP contribution in [-0.4, -0.2) is 150 Å². The number of hydrogen-bond donors (Lipinski definition) is 4. The number of methoxy groups -OCH3 is 2. The van der Waals surface area contributed by atoms with Gasteiger partial charge >= 0.3 is 17.9 Å². The van der Waals surface area contributed by atoms with Gasteiger partial charge in [-0.05, 0) is 113 Å². The van der Waals surface area contributed by atoms with Crippen LogP contribution in [0.3, 0.4) is 0 Å². The van der Waals surface area contributed by atoms with E-state index in [-0.39, 0.29) is 43.6 Å². The van der Waals surface area contributed by atoms with Crippen LogP contribution in [0, 0.1) is 3.70 Å². The second-order valence-electron chi connectivity index (χ2n) is 18.7. The van der Waals surface area contributed by atoms with Gasteiger partial charge < -0.3 is 44.5 Å². The second kappa shape index (κ2) is 56.5. The number of hydrogen-bond acceptors (Lipinski definition) is 26. The number of nitrogens with two attached hydrogens (primary N) is 1. The van der Waals surface area contributed by atoms with Crippen LogP contribution in [0.25, 0.3) is 0 Å². The van der Waals surface area contributed by atoms with Crippen molar-refractivity contribution in [3.05, 3.63) is 102 Å². The molecule has 6 heterocycles. The first-order valence-corrected chi connectivity index (χ1v) is 30.9. The molecule has 6 aromatic heterocycles. The summed E-state index contributed by atoms with van der Waals surface area (Å²) in [5.74, 6) is 3.86. The van der Waals surface area contributed by atoms with Crippen molar-refractivity contribution in [2.75, 3.05) is 75.3 Å². The summed E-state index contributed by atoms with van der Waals surface area (Å²) in [5, 5.41) is 28.1. The minimum atomic E-state index is -0.352. The zero-order valence-corrected chi connectivity index (χ0v) is 55.0. The molecule has 0 saturated carbocycles. The van der Waals surface area contributed by atoms with Crippen molar-refractivity contribution >= 4 is 87.9 Å². The Kier molecular flexibility index (Phi) is 51.7. The molecule has 0 bridgehead atoms. The van der Waals surface area contributed by atoms with Gasteiger partial charge in [0.15, 0.2) is 23.3 Å². The number of aromatic nitrogens is 12. The molecule has 0 aliphatic rings. The molecule has 1 amide bonds. The van der Waals surface area contributed by atoms with Crippen molar-refractivity contribution in [3.8, 4) is 11.8 Å². The van der Waals surface area contributed by atoms with Crippen LogP contribution in [0.4, 0.5) is 29.1 Å². The molecule has 29 heteroatoms. The second-order valence-corrected chi connectivity index (χ2v) is 19.8. The van der Waals surface area contributed by atoms with Crippen molar-refractivity contribution in [3.63, 3.8) is 0 Å². The number of anilines is 5. The molecule has 0 fully saturated rings. The van der Waals surface area contributed by atoms with Gasteiger partial charge in [-0.1, -0.05) is 58.8 Å². The van der Waals surface area contributed by atoms with Gasteiger partial charge in [-0.15, -0.1) is 32.8 Å². The maximum absolute atomic E-state index is 11.3. The molecule has 0 aliphatic carbocycles. The lowest BCUT2D eigenvalue weighted by Gasteiger charge is -2.21. The monoisotopic (exact) mass is 1390 g/mol. The highest BCUT2D eigenvalue weighted by Gasteiger charge is 2.15. The van der Waals surface area contributed by atoms with Crippen molar-refractivity contribution in [2.45, 2.75) is 157 Å². The van der Waals surface area contributed by atoms with Crippen molar-refractivity contribution in [1.82, 2.24) is 65.7 Å². The molecular formula is C61H95ClIN17O10. The Morgan fingerprint density at radius 2 is 0.889 bits per heavy atom. The van der Waals surface area contributed by atoms with E-state index in [1.165, 1.54) is 0 Å². The Morgan fingerprint density at radius 1 is 0.489 bits per heavy atom. The van der Waals surface area contributed by atoms with Crippen molar-refractivity contribution < 1.29 is 48.1 Å². The lowest BCUT2D eigenvalue weighted by molar-refractivity contribution is -0.144. The number of esters is 3. The fourth-order valence-corrected chi connectivity index (χ4v) is 7.97. The first-order valence-electron chi connectivity index (χ1n) is 29.9. The van der Waals surface area contributed by atoms with Gasteiger partial charge in [0.25, 0.3) is 0 Å². The maximum atomic E-state index is 11.3. The third-order valence-electron chi connectivity index (χ3n) is 12.0. The van der Waals surface area contributed by atoms with E-state index in [0.29, 0.717) is 81.3 Å². The molecule has 27 nitrogen and oxygen atoms in total. The summed E-state index contributed by atoms with van der Waals surface area (Å²) in [6.45, 7) is 9.95. The Labute approximate surface area is 550 Å². The molecule has 0 radical (unpaired) electrons. The molecule has 0 saturated heterocycles. The Bertz CT molecular complexity index is 2660. The molecule has 5 N–H and O–H groups in total. The Hall–Kier alpha value is -7.70. The third kappa shape index (κ3) is 41.5. The molecule has 6 rings (SSSR count). The average molecular weight is 1390 g/mol. The predicted molar refractivity (Wildman–Crippen MR) is 356 cm³/mol. The first-order chi connectivity index (χ1) is 43.0. The molecule has 0 aliphatic heterocycles. The highest BCUT2D eigenvalue weighted by molar-refractivity contribution is 14.1. The van der Waals surface area contributed by atoms with Crippen LogP contribution < -0.4 is 35.8 Å². The summed E-state index contributed by atoms with van der Waals surface area (Å²) < 4.78 is 25.6. The lowest BCUT2D eigenvalue weighted by Crippen LogP contribution is -2.21. The number of nitrogens with one attached hydrogen (secondary N) is 2. The zero-order chi connectivity index (χ0) is 63.9. The molecule has 0 atom stereocenters. The number of carbonyl (C=O) groups is 4. The number of unbranched alkanes of at least 4 members (excludes halogenated alkanes) is 12. The van der Waals surface area contributed by atoms with E-state index in [1.807, 2.05) is 42.7 Å². The van der Waals surface area contributed by atoms with Crippen LogP contribution in [-0.2, 0) is 33.4 Å². The molecule has 0 spiro atoms. The number of nitrogens with zero attached hydrogens (tertiary/aromatic N) is 14. The van der Waals surface area contributed by atoms with Crippen molar-refractivity contribution in [1.29, 1.82) is 0 Å². The summed E-state index contributed by atoms with van der Waals surface area (Å²) in [6, 6.07) is 7.19. The summed E-state index contributed by atoms with van der Waals surface area (Å²) in [6.07, 6.45) is 37.4. The van der Waals surface area contributed by atoms with E-state index < -0.39 is 0 Å². The largest absolute Gasteiger partial charge is 0.480 e. The zero-order valence-electron chi connectivity index (χ0n) is 52.1. The van der Waals surface area contributed by atoms with Crippen LogP contribution in [0.15, 0.2) is 98.6 Å². The lowest BCUT2D eigenvalue weighted by atomic mass is 10.1. The number of carbonyl (C=O) groups excluding carboxylic acids is 4. The topological polar surface area (TPSA) is 346 Å². The van der Waals surface area contributed by atoms with E-state index in [4.69, 9.17) is 34.6 Å². The minimum Gasteiger partial charge on any atom is -0.480 e. The average Bonchev–Trinajstić information content (AvgIpc) is 1.40. The number of amides is 1. The summed E-state index contributed by atoms with van der Waals surface area (Å²) in [7, 11) is 3.10. The van der Waals surface area contributed by atoms with Gasteiger partial charge in [-0.25, -0.2) is 25.4 Å². The fourth-order valence-electron chi connectivity index (χ4n) is 7.65. The Morgan fingerprint density at radius 3 is 1.22 bits per heavy atom. The molecule has 0 unspecified atom stereocenters. The van der Waals surface area contributed by atoms with E-state index in [2.05, 4.69) is 88.2 Å². The van der Waals surface area contributed by atoms with E-state index in [0.717, 1.165) is 138 Å². The Balaban J connectivity index is 0.00000115. The number of halogens is 2. The van der Waals surface area contributed by atoms with Crippen LogP contribution in [0.2, 0.25) is 0 Å². The van der Waals surface area contributed by atoms with Gasteiger partial charge in [0.1, 0.15) is 9.52 Å². The maximum Gasteiger partial charge on any atom is 0.305 e. The van der Waals surface area contributed by atoms with Gasteiger partial charge in [0, 0.05) is 107 Å². The molecule has 6 aromatic rings. The summed E-state index contributed by atoms with van der Waals surface area (Å²) in [4.78, 5) is 80.9. The number of rotatable bonds is 37. The SMILES string of the molecule is C.CCOC(=O)CCCCCCN.CCOC(=O)CCCCCCN(c1cnccn1)c1ccc(OC)nn1.CCOC(=O)CCCCCCNc1cnccn1.COc1ccc(N(CCCCCCC(=O)NO)c2cnccn2)nn1.Cl.Ic1cnccn1. The van der Waals surface area contributed by atoms with Gasteiger partial charge in [-0.3, -0.25) is 44.3 Å². The van der Waals surface area contributed by atoms with E-state index in [9.17, 15) is 19.2 Å². The van der Waals surface area contributed by atoms with Crippen LogP contribution >= 0.6 is 35.0 Å². The minimum absolute atomic E-state index is 0. The summed E-state index contributed by atoms with van der Waals surface area (Å²) in [5.41, 5.74) is 6.97. The quantitative estimate of drug-likeness (QED) is 0.00703. The number of ether oxygens (including phenoxy) is 5. The first kappa shape index (κ1) is 82.3. The standard InChI is InChI=1S/C18H25N5O3.C16H22N6O3.C13H21N3O2.C9H19NO2.C4H3IN2.CH4.ClH/c1-3-26-18(24)8-6-4-5-7-13-23(16-14-19-11-12-20-16)15-9-10-17(25-2)22-21-15;1-25-16-8-7-13(19-20-16)22(14-12-17-9-10-18-14)11-5-3-2-4-6-15(23)21-24;1-2-18-13(17)7-5-3-4-6-8-15-12-11-14-9-10-16-12;1-2-12-9(11)7-5-3-4-6-8-10;5-4-3-6-1-2-7-4;;/h9-12,14H,3-8,13H2,1-2H3;7-10,12,24H,2-6,11H2,1H3,(H,21,23);9-11H,2-8H2,1H3,(H,15,16);2-8,10H2,1H3;1-3H;1H4;1H. The molecular weight excluding hydrogens is 1290 g/mol. The molecule has 0 aromatic carbocycles. The van der Waals surface area contributed by atoms with Crippen LogP contribution in [0.1, 0.15) is 157 Å². The molecule has 498 valence electrons. The van der Waals surface area contributed by atoms with Crippen molar-refractivity contribution in [2.24, 2.45) is 5.73 Å². The highest BCUT2D eigenvalue weighted by atomic mass is 127. The fraction of sp³-hybridized carbons (Fsp3) is 0.541. The highest BCUT2D eigenvalue weighted by Crippen LogP contribution is 2.24.